The second-order valence-corrected chi connectivity index (χ2v) is 5.01. The molecule has 1 atom stereocenters. The maximum absolute atomic E-state index is 4.04. The Morgan fingerprint density at radius 2 is 2.31 bits per heavy atom. The van der Waals surface area contributed by atoms with Crippen LogP contribution >= 0.6 is 11.3 Å². The number of nitrogens with one attached hydrogen (secondary N) is 1. The average Bonchev–Trinajstić information content (AvgIpc) is 2.87. The zero-order valence-corrected chi connectivity index (χ0v) is 10.5. The Bertz CT molecular complexity index is 461. The van der Waals surface area contributed by atoms with Crippen LogP contribution in [0, 0.1) is 6.92 Å². The molecule has 0 fully saturated rings. The lowest BCUT2D eigenvalue weighted by Crippen LogP contribution is -2.16. The van der Waals surface area contributed by atoms with Gasteiger partial charge in [-0.15, -0.1) is 16.4 Å². The van der Waals surface area contributed by atoms with Crippen molar-refractivity contribution >= 4 is 11.3 Å². The summed E-state index contributed by atoms with van der Waals surface area (Å²) in [6, 6.07) is 4.45. The van der Waals surface area contributed by atoms with Gasteiger partial charge in [-0.3, -0.25) is 0 Å². The molecule has 2 aromatic heterocycles. The van der Waals surface area contributed by atoms with Crippen molar-refractivity contribution in [3.05, 3.63) is 27.7 Å². The third kappa shape index (κ3) is 2.12. The van der Waals surface area contributed by atoms with E-state index in [-0.39, 0.29) is 6.04 Å². The van der Waals surface area contributed by atoms with E-state index in [0.717, 1.165) is 5.82 Å². The van der Waals surface area contributed by atoms with Crippen LogP contribution in [0.5, 0.6) is 0 Å². The minimum atomic E-state index is 0.192. The highest BCUT2D eigenvalue weighted by molar-refractivity contribution is 7.12. The lowest BCUT2D eigenvalue weighted by molar-refractivity contribution is 0.519. The maximum atomic E-state index is 4.04. The summed E-state index contributed by atoms with van der Waals surface area (Å²) in [6.45, 7) is 4.90. The first-order chi connectivity index (χ1) is 7.72. The average molecular weight is 237 g/mol. The van der Waals surface area contributed by atoms with Gasteiger partial charge in [0, 0.05) is 9.75 Å². The summed E-state index contributed by atoms with van der Waals surface area (Å²) in [5, 5.41) is 14.8. The van der Waals surface area contributed by atoms with Crippen molar-refractivity contribution in [2.24, 2.45) is 0 Å². The van der Waals surface area contributed by atoms with E-state index in [1.165, 1.54) is 9.75 Å². The first-order valence-corrected chi connectivity index (χ1v) is 6.01. The van der Waals surface area contributed by atoms with E-state index in [1.54, 1.807) is 11.3 Å². The predicted molar refractivity (Wildman–Crippen MR) is 63.4 cm³/mol. The van der Waals surface area contributed by atoms with Crippen molar-refractivity contribution in [1.29, 1.82) is 0 Å². The normalized spacial score (nSPS) is 12.9. The monoisotopic (exact) mass is 237 g/mol. The van der Waals surface area contributed by atoms with Crippen LogP contribution in [0.1, 0.15) is 28.5 Å². The molecule has 0 spiro atoms. The van der Waals surface area contributed by atoms with E-state index >= 15 is 0 Å². The Labute approximate surface area is 98.5 Å². The molecule has 6 heteroatoms. The highest BCUT2D eigenvalue weighted by Crippen LogP contribution is 2.25. The summed E-state index contributed by atoms with van der Waals surface area (Å²) in [6.07, 6.45) is 0. The predicted octanol–water partition coefficient (Wildman–Crippen LogP) is 1.37. The lowest BCUT2D eigenvalue weighted by atomic mass is 10.3. The van der Waals surface area contributed by atoms with E-state index in [1.807, 2.05) is 11.7 Å². The fraction of sp³-hybridized carbons (Fsp3) is 0.500. The molecule has 0 aromatic carbocycles. The number of rotatable bonds is 4. The van der Waals surface area contributed by atoms with Crippen LogP contribution in [0.25, 0.3) is 0 Å². The Morgan fingerprint density at radius 1 is 1.50 bits per heavy atom. The Hall–Kier alpha value is -1.27. The molecule has 2 rings (SSSR count). The van der Waals surface area contributed by atoms with Crippen molar-refractivity contribution in [1.82, 2.24) is 25.5 Å². The molecule has 0 aliphatic rings. The number of hydrogen-bond donors (Lipinski definition) is 1. The molecule has 0 saturated carbocycles. The number of aryl methyl sites for hydroxylation is 1. The number of tetrazole rings is 1. The zero-order chi connectivity index (χ0) is 11.5. The standard InChI is InChI=1S/C10H15N5S/c1-7-4-5-9(16-7)8(2)15-10(6-11-3)12-13-14-15/h4-5,8,11H,6H2,1-3H3. The first-order valence-electron chi connectivity index (χ1n) is 5.20. The third-order valence-corrected chi connectivity index (χ3v) is 3.61. The molecule has 86 valence electrons. The molecule has 16 heavy (non-hydrogen) atoms. The molecular weight excluding hydrogens is 222 g/mol. The van der Waals surface area contributed by atoms with Crippen LogP contribution in [0.2, 0.25) is 0 Å². The van der Waals surface area contributed by atoms with Gasteiger partial charge in [-0.2, -0.15) is 0 Å². The van der Waals surface area contributed by atoms with Gasteiger partial charge in [0.15, 0.2) is 5.82 Å². The summed E-state index contributed by atoms with van der Waals surface area (Å²) in [5.74, 6) is 0.862. The van der Waals surface area contributed by atoms with Crippen molar-refractivity contribution in [3.8, 4) is 0 Å². The molecule has 0 aliphatic heterocycles. The minimum Gasteiger partial charge on any atom is -0.313 e. The molecule has 1 unspecified atom stereocenters. The number of hydrogen-bond acceptors (Lipinski definition) is 5. The van der Waals surface area contributed by atoms with Gasteiger partial charge in [0.05, 0.1) is 12.6 Å². The van der Waals surface area contributed by atoms with E-state index in [9.17, 15) is 0 Å². The molecule has 2 aromatic rings. The van der Waals surface area contributed by atoms with Crippen LogP contribution in [0.15, 0.2) is 12.1 Å². The quantitative estimate of drug-likeness (QED) is 0.872. The molecule has 0 aliphatic carbocycles. The van der Waals surface area contributed by atoms with Crippen molar-refractivity contribution in [2.75, 3.05) is 7.05 Å². The molecule has 2 heterocycles. The molecule has 0 amide bonds. The van der Waals surface area contributed by atoms with Gasteiger partial charge >= 0.3 is 0 Å². The second kappa shape index (κ2) is 4.71. The van der Waals surface area contributed by atoms with Gasteiger partial charge in [0.2, 0.25) is 0 Å². The molecule has 0 radical (unpaired) electrons. The van der Waals surface area contributed by atoms with Crippen molar-refractivity contribution in [3.63, 3.8) is 0 Å². The fourth-order valence-electron chi connectivity index (χ4n) is 1.59. The van der Waals surface area contributed by atoms with Gasteiger partial charge in [0.1, 0.15) is 0 Å². The van der Waals surface area contributed by atoms with E-state index in [0.29, 0.717) is 6.54 Å². The largest absolute Gasteiger partial charge is 0.313 e. The van der Waals surface area contributed by atoms with E-state index < -0.39 is 0 Å². The van der Waals surface area contributed by atoms with Crippen molar-refractivity contribution < 1.29 is 0 Å². The molecule has 0 saturated heterocycles. The highest BCUT2D eigenvalue weighted by atomic mass is 32.1. The summed E-state index contributed by atoms with van der Waals surface area (Å²) in [5.41, 5.74) is 0. The highest BCUT2D eigenvalue weighted by Gasteiger charge is 2.15. The topological polar surface area (TPSA) is 55.6 Å². The fourth-order valence-corrected chi connectivity index (χ4v) is 2.50. The Balaban J connectivity index is 2.26. The van der Waals surface area contributed by atoms with Crippen LogP contribution in [-0.2, 0) is 6.54 Å². The summed E-state index contributed by atoms with van der Waals surface area (Å²) >= 11 is 1.78. The minimum absolute atomic E-state index is 0.192. The number of aromatic nitrogens is 4. The second-order valence-electron chi connectivity index (χ2n) is 3.69. The first kappa shape index (κ1) is 11.2. The number of nitrogens with zero attached hydrogens (tertiary/aromatic N) is 4. The smallest absolute Gasteiger partial charge is 0.165 e. The molecule has 0 bridgehead atoms. The van der Waals surface area contributed by atoms with E-state index in [4.69, 9.17) is 0 Å². The summed E-state index contributed by atoms with van der Waals surface area (Å²) in [4.78, 5) is 2.59. The SMILES string of the molecule is CNCc1nnnn1C(C)c1ccc(C)s1. The van der Waals surface area contributed by atoms with Crippen LogP contribution < -0.4 is 5.32 Å². The van der Waals surface area contributed by atoms with E-state index in [2.05, 4.69) is 46.8 Å². The third-order valence-electron chi connectivity index (χ3n) is 2.44. The molecule has 5 nitrogen and oxygen atoms in total. The summed E-state index contributed by atoms with van der Waals surface area (Å²) in [7, 11) is 1.89. The lowest BCUT2D eigenvalue weighted by Gasteiger charge is -2.11. The molecular formula is C10H15N5S. The van der Waals surface area contributed by atoms with Gasteiger partial charge < -0.3 is 5.32 Å². The van der Waals surface area contributed by atoms with Gasteiger partial charge in [-0.25, -0.2) is 4.68 Å². The van der Waals surface area contributed by atoms with Crippen LogP contribution in [0.4, 0.5) is 0 Å². The Morgan fingerprint density at radius 3 is 2.94 bits per heavy atom. The van der Waals surface area contributed by atoms with Crippen LogP contribution in [0.3, 0.4) is 0 Å². The zero-order valence-electron chi connectivity index (χ0n) is 9.64. The van der Waals surface area contributed by atoms with Crippen LogP contribution in [-0.4, -0.2) is 27.3 Å². The maximum Gasteiger partial charge on any atom is 0.165 e. The summed E-state index contributed by atoms with van der Waals surface area (Å²) < 4.78 is 1.86. The van der Waals surface area contributed by atoms with Gasteiger partial charge in [0.25, 0.3) is 0 Å². The van der Waals surface area contributed by atoms with Gasteiger partial charge in [-0.1, -0.05) is 0 Å². The Kier molecular flexibility index (Phi) is 3.31. The van der Waals surface area contributed by atoms with Crippen molar-refractivity contribution in [2.45, 2.75) is 26.4 Å². The van der Waals surface area contributed by atoms with Gasteiger partial charge in [-0.05, 0) is 43.5 Å². The molecule has 1 N–H and O–H groups in total. The number of thiophene rings is 1.